The van der Waals surface area contributed by atoms with Crippen LogP contribution in [0.15, 0.2) is 67.1 Å². The first-order valence-electron chi connectivity index (χ1n) is 9.47. The molecule has 8 nitrogen and oxygen atoms in total. The zero-order chi connectivity index (χ0) is 21.3. The summed E-state index contributed by atoms with van der Waals surface area (Å²) >= 11 is 0. The van der Waals surface area contributed by atoms with Crippen molar-refractivity contribution >= 4 is 23.4 Å². The van der Waals surface area contributed by atoms with Gasteiger partial charge in [-0.25, -0.2) is 9.78 Å². The van der Waals surface area contributed by atoms with Gasteiger partial charge in [0.15, 0.2) is 11.6 Å². The maximum atomic E-state index is 12.7. The van der Waals surface area contributed by atoms with Gasteiger partial charge >= 0.3 is 6.03 Å². The third kappa shape index (κ3) is 6.03. The smallest absolute Gasteiger partial charge is 0.319 e. The molecule has 0 aliphatic heterocycles. The van der Waals surface area contributed by atoms with Crippen LogP contribution in [0.1, 0.15) is 29.8 Å². The Bertz CT molecular complexity index is 1010. The zero-order valence-electron chi connectivity index (χ0n) is 16.8. The van der Waals surface area contributed by atoms with Crippen LogP contribution in [0.4, 0.5) is 16.3 Å². The maximum absolute atomic E-state index is 12.7. The summed E-state index contributed by atoms with van der Waals surface area (Å²) in [5.74, 6) is 0.399. The highest BCUT2D eigenvalue weighted by Gasteiger charge is 2.13. The summed E-state index contributed by atoms with van der Waals surface area (Å²) in [6.07, 6.45) is 4.95. The highest BCUT2D eigenvalue weighted by Crippen LogP contribution is 2.23. The molecule has 0 saturated heterocycles. The van der Waals surface area contributed by atoms with Crippen LogP contribution in [-0.2, 0) is 6.61 Å². The summed E-state index contributed by atoms with van der Waals surface area (Å²) in [6.45, 7) is 4.05. The molecule has 3 rings (SSSR count). The molecule has 3 aromatic rings. The standard InChI is InChI=1S/C22H23N5O3/c1-15(2)25-22(29)26-18-6-3-5-17(13-18)21(28)27-20-19(7-4-10-24-20)30-14-16-8-11-23-12-9-16/h3-13,15H,14H2,1-2H3,(H,24,27,28)(H2,25,26,29). The highest BCUT2D eigenvalue weighted by atomic mass is 16.5. The maximum Gasteiger partial charge on any atom is 0.319 e. The molecular formula is C22H23N5O3. The molecule has 0 unspecified atom stereocenters. The second-order valence-electron chi connectivity index (χ2n) is 6.78. The molecule has 30 heavy (non-hydrogen) atoms. The number of anilines is 2. The third-order valence-electron chi connectivity index (χ3n) is 3.95. The summed E-state index contributed by atoms with van der Waals surface area (Å²) in [5.41, 5.74) is 1.84. The van der Waals surface area contributed by atoms with Crippen molar-refractivity contribution in [3.8, 4) is 5.75 Å². The van der Waals surface area contributed by atoms with E-state index in [-0.39, 0.29) is 18.0 Å². The van der Waals surface area contributed by atoms with Gasteiger partial charge < -0.3 is 20.7 Å². The number of aromatic nitrogens is 2. The number of amides is 3. The van der Waals surface area contributed by atoms with Gasteiger partial charge in [0, 0.05) is 35.9 Å². The lowest BCUT2D eigenvalue weighted by atomic mass is 10.2. The minimum Gasteiger partial charge on any atom is -0.485 e. The van der Waals surface area contributed by atoms with E-state index in [4.69, 9.17) is 4.74 Å². The number of rotatable bonds is 7. The van der Waals surface area contributed by atoms with Crippen LogP contribution in [0, 0.1) is 0 Å². The van der Waals surface area contributed by atoms with Gasteiger partial charge in [-0.15, -0.1) is 0 Å². The molecule has 0 bridgehead atoms. The van der Waals surface area contributed by atoms with E-state index >= 15 is 0 Å². The lowest BCUT2D eigenvalue weighted by molar-refractivity contribution is 0.102. The molecule has 0 fully saturated rings. The molecule has 154 valence electrons. The number of nitrogens with zero attached hydrogens (tertiary/aromatic N) is 2. The van der Waals surface area contributed by atoms with Crippen LogP contribution >= 0.6 is 0 Å². The number of carbonyl (C=O) groups is 2. The van der Waals surface area contributed by atoms with Gasteiger partial charge in [-0.3, -0.25) is 9.78 Å². The van der Waals surface area contributed by atoms with E-state index < -0.39 is 0 Å². The second-order valence-corrected chi connectivity index (χ2v) is 6.78. The summed E-state index contributed by atoms with van der Waals surface area (Å²) in [4.78, 5) is 32.8. The van der Waals surface area contributed by atoms with Crippen molar-refractivity contribution in [3.05, 3.63) is 78.2 Å². The first-order chi connectivity index (χ1) is 14.5. The van der Waals surface area contributed by atoms with Crippen molar-refractivity contribution < 1.29 is 14.3 Å². The number of urea groups is 1. The van der Waals surface area contributed by atoms with Crippen LogP contribution < -0.4 is 20.7 Å². The van der Waals surface area contributed by atoms with Gasteiger partial charge in [0.05, 0.1) is 0 Å². The predicted octanol–water partition coefficient (Wildman–Crippen LogP) is 3.84. The van der Waals surface area contributed by atoms with E-state index in [2.05, 4.69) is 25.9 Å². The van der Waals surface area contributed by atoms with Gasteiger partial charge in [0.2, 0.25) is 0 Å². The van der Waals surface area contributed by atoms with Crippen molar-refractivity contribution in [2.75, 3.05) is 10.6 Å². The van der Waals surface area contributed by atoms with Crippen molar-refractivity contribution in [3.63, 3.8) is 0 Å². The number of ether oxygens (including phenoxy) is 1. The summed E-state index contributed by atoms with van der Waals surface area (Å²) < 4.78 is 5.80. The van der Waals surface area contributed by atoms with Crippen molar-refractivity contribution in [2.24, 2.45) is 0 Å². The van der Waals surface area contributed by atoms with Gasteiger partial charge in [0.25, 0.3) is 5.91 Å². The number of nitrogens with one attached hydrogen (secondary N) is 3. The van der Waals surface area contributed by atoms with Gasteiger partial charge in [-0.1, -0.05) is 6.07 Å². The number of pyridine rings is 2. The summed E-state index contributed by atoms with van der Waals surface area (Å²) in [7, 11) is 0. The zero-order valence-corrected chi connectivity index (χ0v) is 16.8. The molecular weight excluding hydrogens is 382 g/mol. The largest absolute Gasteiger partial charge is 0.485 e. The fourth-order valence-electron chi connectivity index (χ4n) is 2.59. The van der Waals surface area contributed by atoms with Gasteiger partial charge in [-0.05, 0) is 61.9 Å². The molecule has 0 spiro atoms. The first kappa shape index (κ1) is 20.8. The molecule has 0 saturated carbocycles. The van der Waals surface area contributed by atoms with Crippen LogP contribution in [-0.4, -0.2) is 27.9 Å². The Morgan fingerprint density at radius 3 is 2.57 bits per heavy atom. The van der Waals surface area contributed by atoms with E-state index in [0.29, 0.717) is 29.4 Å². The minimum atomic E-state index is -0.365. The Labute approximate surface area is 174 Å². The van der Waals surface area contributed by atoms with E-state index in [1.807, 2.05) is 26.0 Å². The Balaban J connectivity index is 1.67. The SMILES string of the molecule is CC(C)NC(=O)Nc1cccc(C(=O)Nc2ncccc2OCc2ccncc2)c1. The first-order valence-corrected chi connectivity index (χ1v) is 9.47. The van der Waals surface area contributed by atoms with Crippen molar-refractivity contribution in [1.29, 1.82) is 0 Å². The number of carbonyl (C=O) groups excluding carboxylic acids is 2. The van der Waals surface area contributed by atoms with Gasteiger partial charge in [-0.2, -0.15) is 0 Å². The fourth-order valence-corrected chi connectivity index (χ4v) is 2.59. The molecule has 0 aliphatic carbocycles. The summed E-state index contributed by atoms with van der Waals surface area (Å²) in [6, 6.07) is 13.5. The molecule has 0 atom stereocenters. The number of benzene rings is 1. The fraction of sp³-hybridized carbons (Fsp3) is 0.182. The van der Waals surface area contributed by atoms with Crippen LogP contribution in [0.5, 0.6) is 5.75 Å². The summed E-state index contributed by atoms with van der Waals surface area (Å²) in [5, 5.41) is 8.20. The molecule has 3 amide bonds. The van der Waals surface area contributed by atoms with Crippen molar-refractivity contribution in [2.45, 2.75) is 26.5 Å². The van der Waals surface area contributed by atoms with E-state index in [9.17, 15) is 9.59 Å². The normalized spacial score (nSPS) is 10.4. The van der Waals surface area contributed by atoms with Crippen LogP contribution in [0.2, 0.25) is 0 Å². The molecule has 0 radical (unpaired) electrons. The topological polar surface area (TPSA) is 105 Å². The Kier molecular flexibility index (Phi) is 6.94. The second kappa shape index (κ2) is 10.0. The minimum absolute atomic E-state index is 0.00575. The molecule has 1 aromatic carbocycles. The molecule has 3 N–H and O–H groups in total. The third-order valence-corrected chi connectivity index (χ3v) is 3.95. The average molecular weight is 405 g/mol. The Morgan fingerprint density at radius 1 is 1.00 bits per heavy atom. The Morgan fingerprint density at radius 2 is 1.80 bits per heavy atom. The monoisotopic (exact) mass is 405 g/mol. The average Bonchev–Trinajstić information content (AvgIpc) is 2.73. The Hall–Kier alpha value is -3.94. The number of hydrogen-bond donors (Lipinski definition) is 3. The molecule has 2 aromatic heterocycles. The highest BCUT2D eigenvalue weighted by molar-refractivity contribution is 6.05. The molecule has 0 aliphatic rings. The van der Waals surface area contributed by atoms with E-state index in [0.717, 1.165) is 5.56 Å². The van der Waals surface area contributed by atoms with Gasteiger partial charge in [0.1, 0.15) is 6.61 Å². The van der Waals surface area contributed by atoms with E-state index in [1.165, 1.54) is 0 Å². The molecule has 2 heterocycles. The van der Waals surface area contributed by atoms with Crippen LogP contribution in [0.25, 0.3) is 0 Å². The van der Waals surface area contributed by atoms with Crippen molar-refractivity contribution in [1.82, 2.24) is 15.3 Å². The van der Waals surface area contributed by atoms with Crippen LogP contribution in [0.3, 0.4) is 0 Å². The quantitative estimate of drug-likeness (QED) is 0.554. The predicted molar refractivity (Wildman–Crippen MR) is 114 cm³/mol. The van der Waals surface area contributed by atoms with E-state index in [1.54, 1.807) is 55.0 Å². The molecule has 8 heteroatoms. The lowest BCUT2D eigenvalue weighted by Gasteiger charge is -2.13. The lowest BCUT2D eigenvalue weighted by Crippen LogP contribution is -2.34. The number of hydrogen-bond acceptors (Lipinski definition) is 5.